The Balaban J connectivity index is 1.90. The molecule has 0 fully saturated rings. The molecule has 0 N–H and O–H groups in total. The van der Waals surface area contributed by atoms with Gasteiger partial charge in [-0.05, 0) is 84.8 Å². The van der Waals surface area contributed by atoms with Gasteiger partial charge >= 0.3 is 5.97 Å². The summed E-state index contributed by atoms with van der Waals surface area (Å²) in [6.45, 7) is 6.26. The second-order valence-corrected chi connectivity index (χ2v) is 9.61. The number of halogens is 1. The molecule has 0 bridgehead atoms. The molecule has 33 heavy (non-hydrogen) atoms. The first-order valence-electron chi connectivity index (χ1n) is 10.6. The molecule has 170 valence electrons. The van der Waals surface area contributed by atoms with Crippen molar-refractivity contribution in [2.75, 3.05) is 13.2 Å². The lowest BCUT2D eigenvalue weighted by molar-refractivity contribution is -0.139. The van der Waals surface area contributed by atoms with E-state index in [0.717, 1.165) is 20.4 Å². The van der Waals surface area contributed by atoms with Crippen LogP contribution in [0.25, 0.3) is 6.08 Å². The highest BCUT2D eigenvalue weighted by Gasteiger charge is 2.33. The van der Waals surface area contributed by atoms with Gasteiger partial charge in [-0.15, -0.1) is 0 Å². The molecule has 0 unspecified atom stereocenters. The van der Waals surface area contributed by atoms with E-state index in [1.54, 1.807) is 18.4 Å². The third-order valence-electron chi connectivity index (χ3n) is 5.19. The summed E-state index contributed by atoms with van der Waals surface area (Å²) in [6.07, 6.45) is 1.86. The average Bonchev–Trinajstić information content (AvgIpc) is 3.10. The zero-order valence-electron chi connectivity index (χ0n) is 18.5. The third-order valence-corrected chi connectivity index (χ3v) is 6.89. The van der Waals surface area contributed by atoms with Crippen molar-refractivity contribution in [3.8, 4) is 5.75 Å². The molecule has 0 saturated carbocycles. The first kappa shape index (κ1) is 23.4. The number of thiazole rings is 1. The number of carbonyl (C=O) groups is 1. The fourth-order valence-electron chi connectivity index (χ4n) is 3.73. The lowest BCUT2D eigenvalue weighted by Crippen LogP contribution is -2.39. The maximum atomic E-state index is 13.6. The summed E-state index contributed by atoms with van der Waals surface area (Å²) in [5.74, 6) is 0.260. The summed E-state index contributed by atoms with van der Waals surface area (Å²) in [5, 5.41) is 0. The van der Waals surface area contributed by atoms with Crippen molar-refractivity contribution in [3.63, 3.8) is 0 Å². The van der Waals surface area contributed by atoms with Crippen molar-refractivity contribution in [2.24, 2.45) is 4.99 Å². The normalized spacial score (nSPS) is 15.8. The molecule has 1 aliphatic heterocycles. The number of esters is 1. The number of aromatic nitrogens is 1. The molecule has 6 nitrogen and oxygen atoms in total. The van der Waals surface area contributed by atoms with Gasteiger partial charge in [-0.25, -0.2) is 9.79 Å². The van der Waals surface area contributed by atoms with Gasteiger partial charge < -0.3 is 9.47 Å². The second-order valence-electron chi connectivity index (χ2n) is 7.36. The van der Waals surface area contributed by atoms with Crippen LogP contribution in [0.4, 0.5) is 0 Å². The smallest absolute Gasteiger partial charge is 0.338 e. The fourth-order valence-corrected chi connectivity index (χ4v) is 5.14. The second kappa shape index (κ2) is 10.0. The Morgan fingerprint density at radius 1 is 1.12 bits per heavy atom. The van der Waals surface area contributed by atoms with Crippen molar-refractivity contribution in [3.05, 3.63) is 94.2 Å². The Hall–Kier alpha value is -2.72. The lowest BCUT2D eigenvalue weighted by Gasteiger charge is -2.24. The quantitative estimate of drug-likeness (QED) is 0.332. The number of nitrogens with zero attached hydrogens (tertiary/aromatic N) is 2. The van der Waals surface area contributed by atoms with Crippen LogP contribution in [0, 0.1) is 3.57 Å². The van der Waals surface area contributed by atoms with E-state index in [4.69, 9.17) is 9.47 Å². The minimum absolute atomic E-state index is 0.189. The monoisotopic (exact) mass is 574 g/mol. The summed E-state index contributed by atoms with van der Waals surface area (Å²) in [4.78, 5) is 31.6. The highest BCUT2D eigenvalue weighted by atomic mass is 127. The van der Waals surface area contributed by atoms with Crippen LogP contribution in [-0.4, -0.2) is 23.8 Å². The fraction of sp³-hybridized carbons (Fsp3) is 0.240. The van der Waals surface area contributed by atoms with Gasteiger partial charge in [0.15, 0.2) is 4.80 Å². The van der Waals surface area contributed by atoms with Crippen molar-refractivity contribution in [2.45, 2.75) is 26.8 Å². The number of allylic oxidation sites excluding steroid dienone is 1. The number of carbonyl (C=O) groups excluding carboxylic acids is 1. The van der Waals surface area contributed by atoms with Crippen LogP contribution < -0.4 is 19.6 Å². The summed E-state index contributed by atoms with van der Waals surface area (Å²) in [6, 6.07) is 14.8. The summed E-state index contributed by atoms with van der Waals surface area (Å²) in [7, 11) is 0. The molecular weight excluding hydrogens is 551 g/mol. The van der Waals surface area contributed by atoms with Gasteiger partial charge in [0.1, 0.15) is 5.75 Å². The van der Waals surface area contributed by atoms with Crippen LogP contribution in [0.3, 0.4) is 0 Å². The van der Waals surface area contributed by atoms with Gasteiger partial charge in [0, 0.05) is 3.57 Å². The summed E-state index contributed by atoms with van der Waals surface area (Å²) in [5.41, 5.74) is 2.45. The average molecular weight is 574 g/mol. The van der Waals surface area contributed by atoms with Gasteiger partial charge in [-0.3, -0.25) is 9.36 Å². The minimum atomic E-state index is -0.630. The predicted octanol–water partition coefficient (Wildman–Crippen LogP) is 3.80. The zero-order valence-corrected chi connectivity index (χ0v) is 21.5. The molecule has 1 aliphatic rings. The first-order chi connectivity index (χ1) is 15.9. The Labute approximate surface area is 209 Å². The van der Waals surface area contributed by atoms with E-state index in [1.807, 2.05) is 61.5 Å². The van der Waals surface area contributed by atoms with Gasteiger partial charge in [0.05, 0.1) is 35.1 Å². The van der Waals surface area contributed by atoms with E-state index in [0.29, 0.717) is 27.2 Å². The van der Waals surface area contributed by atoms with Crippen LogP contribution in [0.2, 0.25) is 0 Å². The summed E-state index contributed by atoms with van der Waals surface area (Å²) >= 11 is 3.56. The molecule has 2 aromatic carbocycles. The largest absolute Gasteiger partial charge is 0.494 e. The van der Waals surface area contributed by atoms with Crippen LogP contribution in [0.1, 0.15) is 37.9 Å². The maximum absolute atomic E-state index is 13.6. The molecule has 8 heteroatoms. The molecule has 4 rings (SSSR count). The highest BCUT2D eigenvalue weighted by Crippen LogP contribution is 2.31. The van der Waals surface area contributed by atoms with Crippen LogP contribution in [-0.2, 0) is 9.53 Å². The molecule has 1 aromatic heterocycles. The third kappa shape index (κ3) is 4.81. The number of hydrogen-bond donors (Lipinski definition) is 0. The number of hydrogen-bond acceptors (Lipinski definition) is 6. The molecule has 1 atom stereocenters. The summed E-state index contributed by atoms with van der Waals surface area (Å²) < 4.78 is 14.2. The standard InChI is InChI=1S/C25H23IN2O4S/c1-4-31-19-12-8-17(9-13-19)22-21(24(30)32-5-2)15(3)27-25-28(22)23(29)20(33-25)14-16-6-10-18(26)11-7-16/h6-14,22H,4-5H2,1-3H3/b20-14-/t22-/m1/s1. The van der Waals surface area contributed by atoms with Gasteiger partial charge in [-0.2, -0.15) is 0 Å². The number of benzene rings is 2. The number of ether oxygens (including phenoxy) is 2. The molecule has 0 spiro atoms. The van der Waals surface area contributed by atoms with E-state index in [2.05, 4.69) is 27.6 Å². The Kier molecular flexibility index (Phi) is 7.14. The van der Waals surface area contributed by atoms with Crippen molar-refractivity contribution < 1.29 is 14.3 Å². The predicted molar refractivity (Wildman–Crippen MR) is 137 cm³/mol. The molecule has 0 saturated heterocycles. The van der Waals surface area contributed by atoms with E-state index >= 15 is 0 Å². The van der Waals surface area contributed by atoms with Gasteiger partial charge in [0.2, 0.25) is 0 Å². The lowest BCUT2D eigenvalue weighted by atomic mass is 9.96. The molecule has 0 aliphatic carbocycles. The van der Waals surface area contributed by atoms with Crippen molar-refractivity contribution >= 4 is 46.0 Å². The Bertz CT molecular complexity index is 1390. The molecular formula is C25H23IN2O4S. The molecule has 0 radical (unpaired) electrons. The van der Waals surface area contributed by atoms with Crippen molar-refractivity contribution in [1.82, 2.24) is 4.57 Å². The number of fused-ring (bicyclic) bond motifs is 1. The molecule has 3 aromatic rings. The number of rotatable bonds is 6. The van der Waals surface area contributed by atoms with Gasteiger partial charge in [-0.1, -0.05) is 35.6 Å². The van der Waals surface area contributed by atoms with Crippen molar-refractivity contribution in [1.29, 1.82) is 0 Å². The van der Waals surface area contributed by atoms with E-state index in [-0.39, 0.29) is 12.2 Å². The topological polar surface area (TPSA) is 69.9 Å². The zero-order chi connectivity index (χ0) is 23.5. The minimum Gasteiger partial charge on any atom is -0.494 e. The Morgan fingerprint density at radius 3 is 2.45 bits per heavy atom. The van der Waals surface area contributed by atoms with E-state index in [9.17, 15) is 9.59 Å². The first-order valence-corrected chi connectivity index (χ1v) is 12.5. The SMILES string of the molecule is CCOC(=O)C1=C(C)N=c2s/c(=C\c3ccc(I)cc3)c(=O)n2[C@@H]1c1ccc(OCC)cc1. The van der Waals surface area contributed by atoms with E-state index in [1.165, 1.54) is 11.3 Å². The molecule has 2 heterocycles. The van der Waals surface area contributed by atoms with Gasteiger partial charge in [0.25, 0.3) is 5.56 Å². The van der Waals surface area contributed by atoms with Crippen LogP contribution in [0.15, 0.2) is 69.6 Å². The Morgan fingerprint density at radius 2 is 1.82 bits per heavy atom. The molecule has 0 amide bonds. The van der Waals surface area contributed by atoms with Crippen LogP contribution in [0.5, 0.6) is 5.75 Å². The maximum Gasteiger partial charge on any atom is 0.338 e. The van der Waals surface area contributed by atoms with Crippen LogP contribution >= 0.6 is 33.9 Å². The van der Waals surface area contributed by atoms with E-state index < -0.39 is 12.0 Å². The highest BCUT2D eigenvalue weighted by molar-refractivity contribution is 14.1.